The zero-order valence-electron chi connectivity index (χ0n) is 16.0. The minimum atomic E-state index is -3.68. The highest BCUT2D eigenvalue weighted by molar-refractivity contribution is 7.86. The van der Waals surface area contributed by atoms with Crippen molar-refractivity contribution in [3.63, 3.8) is 0 Å². The number of carbonyl (C=O) groups is 1. The molecule has 0 radical (unpaired) electrons. The van der Waals surface area contributed by atoms with Crippen LogP contribution >= 0.6 is 0 Å². The van der Waals surface area contributed by atoms with Gasteiger partial charge in [0.15, 0.2) is 5.75 Å². The zero-order valence-corrected chi connectivity index (χ0v) is 16.8. The summed E-state index contributed by atoms with van der Waals surface area (Å²) in [6.45, 7) is 14.5. The van der Waals surface area contributed by atoms with E-state index in [0.29, 0.717) is 26.3 Å². The van der Waals surface area contributed by atoms with Crippen LogP contribution in [0.15, 0.2) is 43.5 Å². The predicted octanol–water partition coefficient (Wildman–Crippen LogP) is 3.19. The summed E-state index contributed by atoms with van der Waals surface area (Å²) >= 11 is 0. The van der Waals surface area contributed by atoms with Crippen molar-refractivity contribution in [3.05, 3.63) is 54.6 Å². The largest absolute Gasteiger partial charge is 0.382 e. The van der Waals surface area contributed by atoms with Crippen LogP contribution in [0.2, 0.25) is 0 Å². The maximum atomic E-state index is 12.4. The molecule has 0 spiro atoms. The molecule has 0 atom stereocenters. The van der Waals surface area contributed by atoms with Gasteiger partial charge in [-0.05, 0) is 24.6 Å². The minimum absolute atomic E-state index is 0.0731. The number of allylic oxidation sites excluding steroid dienone is 2. The first-order chi connectivity index (χ1) is 12.3. The second-order valence-corrected chi connectivity index (χ2v) is 6.74. The van der Waals surface area contributed by atoms with Gasteiger partial charge in [-0.2, -0.15) is 8.42 Å². The van der Waals surface area contributed by atoms with E-state index in [9.17, 15) is 13.2 Å². The van der Waals surface area contributed by atoms with Gasteiger partial charge in [0.1, 0.15) is 0 Å². The Bertz CT molecular complexity index is 686. The number of hydrogen-bond acceptors (Lipinski definition) is 5. The molecule has 7 heteroatoms. The molecule has 0 aliphatic carbocycles. The van der Waals surface area contributed by atoms with Gasteiger partial charge in [0.05, 0.1) is 25.0 Å². The number of ether oxygens (including phenoxy) is 1. The predicted molar refractivity (Wildman–Crippen MR) is 105 cm³/mol. The smallest absolute Gasteiger partial charge is 0.306 e. The molecule has 6 nitrogen and oxygen atoms in total. The van der Waals surface area contributed by atoms with Crippen LogP contribution in [0.4, 0.5) is 0 Å². The highest BCUT2D eigenvalue weighted by Gasteiger charge is 2.23. The Morgan fingerprint density at radius 2 is 1.73 bits per heavy atom. The quantitative estimate of drug-likeness (QED) is 0.590. The van der Waals surface area contributed by atoms with E-state index < -0.39 is 10.1 Å². The molecule has 0 bridgehead atoms. The SMILES string of the molecule is C=CC=C.CC.Cc1ccc(C(=O)N2CCOCC2)c(OS(C)(=O)=O)c1. The number of benzene rings is 1. The topological polar surface area (TPSA) is 72.9 Å². The Balaban J connectivity index is 0.000000920. The number of hydrogen-bond donors (Lipinski definition) is 0. The highest BCUT2D eigenvalue weighted by atomic mass is 32.2. The standard InChI is InChI=1S/C13H17NO5S.C4H6.C2H6/c1-10-3-4-11(12(9-10)19-20(2,16)17)13(15)14-5-7-18-8-6-14;1-3-4-2;1-2/h3-4,9H,5-8H2,1-2H3;3-4H,1-2H2;1-2H3. The Kier molecular flexibility index (Phi) is 11.3. The fourth-order valence-corrected chi connectivity index (χ4v) is 2.44. The van der Waals surface area contributed by atoms with Crippen molar-refractivity contribution >= 4 is 16.0 Å². The van der Waals surface area contributed by atoms with E-state index in [1.54, 1.807) is 42.2 Å². The van der Waals surface area contributed by atoms with E-state index >= 15 is 0 Å². The lowest BCUT2D eigenvalue weighted by Crippen LogP contribution is -2.40. The first-order valence-electron chi connectivity index (χ1n) is 8.39. The van der Waals surface area contributed by atoms with Crippen LogP contribution in [0, 0.1) is 6.92 Å². The summed E-state index contributed by atoms with van der Waals surface area (Å²) in [5.74, 6) is -0.170. The lowest BCUT2D eigenvalue weighted by Gasteiger charge is -2.27. The Morgan fingerprint density at radius 1 is 1.19 bits per heavy atom. The van der Waals surface area contributed by atoms with Crippen molar-refractivity contribution in [1.29, 1.82) is 0 Å². The van der Waals surface area contributed by atoms with Crippen LogP contribution in [0.25, 0.3) is 0 Å². The van der Waals surface area contributed by atoms with Crippen LogP contribution in [-0.4, -0.2) is 51.8 Å². The van der Waals surface area contributed by atoms with E-state index in [1.165, 1.54) is 0 Å². The van der Waals surface area contributed by atoms with Crippen LogP contribution in [0.1, 0.15) is 29.8 Å². The van der Waals surface area contributed by atoms with E-state index in [4.69, 9.17) is 8.92 Å². The van der Waals surface area contributed by atoms with Gasteiger partial charge in [0.2, 0.25) is 0 Å². The molecule has 1 saturated heterocycles. The number of nitrogens with zero attached hydrogens (tertiary/aromatic N) is 1. The molecular weight excluding hydrogens is 354 g/mol. The average Bonchev–Trinajstić information content (AvgIpc) is 2.62. The van der Waals surface area contributed by atoms with Gasteiger partial charge in [-0.1, -0.05) is 45.2 Å². The molecule has 0 N–H and O–H groups in total. The second kappa shape index (κ2) is 12.3. The zero-order chi connectivity index (χ0) is 20.2. The molecular formula is C19H29NO5S. The highest BCUT2D eigenvalue weighted by Crippen LogP contribution is 2.23. The monoisotopic (exact) mass is 383 g/mol. The lowest BCUT2D eigenvalue weighted by atomic mass is 10.1. The van der Waals surface area contributed by atoms with E-state index in [0.717, 1.165) is 11.8 Å². The molecule has 0 aromatic heterocycles. The summed E-state index contributed by atoms with van der Waals surface area (Å²) in [4.78, 5) is 14.0. The van der Waals surface area contributed by atoms with Crippen molar-refractivity contribution < 1.29 is 22.1 Å². The third-order valence-electron chi connectivity index (χ3n) is 3.07. The molecule has 1 aromatic carbocycles. The minimum Gasteiger partial charge on any atom is -0.382 e. The molecule has 1 heterocycles. The summed E-state index contributed by atoms with van der Waals surface area (Å²) in [6.07, 6.45) is 4.23. The fourth-order valence-electron chi connectivity index (χ4n) is 1.98. The third-order valence-corrected chi connectivity index (χ3v) is 3.56. The van der Waals surface area contributed by atoms with Gasteiger partial charge >= 0.3 is 10.1 Å². The number of amides is 1. The molecule has 1 aromatic rings. The molecule has 0 saturated carbocycles. The van der Waals surface area contributed by atoms with Crippen molar-refractivity contribution in [2.45, 2.75) is 20.8 Å². The normalized spacial score (nSPS) is 13.3. The van der Waals surface area contributed by atoms with Crippen molar-refractivity contribution in [1.82, 2.24) is 4.90 Å². The number of rotatable bonds is 4. The molecule has 146 valence electrons. The summed E-state index contributed by atoms with van der Waals surface area (Å²) in [5, 5.41) is 0. The van der Waals surface area contributed by atoms with Crippen molar-refractivity contribution in [3.8, 4) is 5.75 Å². The Morgan fingerprint density at radius 3 is 2.19 bits per heavy atom. The average molecular weight is 384 g/mol. The number of aryl methyl sites for hydroxylation is 1. The molecule has 0 unspecified atom stereocenters. The fraction of sp³-hybridized carbons (Fsp3) is 0.421. The van der Waals surface area contributed by atoms with Crippen molar-refractivity contribution in [2.24, 2.45) is 0 Å². The first kappa shape index (κ1) is 23.9. The second-order valence-electron chi connectivity index (χ2n) is 5.16. The summed E-state index contributed by atoms with van der Waals surface area (Å²) < 4.78 is 32.7. The van der Waals surface area contributed by atoms with Gasteiger partial charge in [0.25, 0.3) is 5.91 Å². The first-order valence-corrected chi connectivity index (χ1v) is 10.2. The molecule has 2 rings (SSSR count). The summed E-state index contributed by atoms with van der Waals surface area (Å²) in [6, 6.07) is 4.89. The Labute approximate surface area is 157 Å². The van der Waals surface area contributed by atoms with E-state index in [1.807, 2.05) is 13.8 Å². The van der Waals surface area contributed by atoms with E-state index in [2.05, 4.69) is 13.2 Å². The molecule has 1 fully saturated rings. The maximum absolute atomic E-state index is 12.4. The number of carbonyl (C=O) groups excluding carboxylic acids is 1. The summed E-state index contributed by atoms with van der Waals surface area (Å²) in [7, 11) is -3.68. The van der Waals surface area contributed by atoms with Crippen LogP contribution in [-0.2, 0) is 14.9 Å². The van der Waals surface area contributed by atoms with E-state index in [-0.39, 0.29) is 17.2 Å². The van der Waals surface area contributed by atoms with Gasteiger partial charge < -0.3 is 13.8 Å². The number of morpholine rings is 1. The molecule has 1 aliphatic rings. The van der Waals surface area contributed by atoms with Gasteiger partial charge in [-0.25, -0.2) is 0 Å². The molecule has 1 aliphatic heterocycles. The maximum Gasteiger partial charge on any atom is 0.306 e. The van der Waals surface area contributed by atoms with Crippen LogP contribution in [0.3, 0.4) is 0 Å². The molecule has 1 amide bonds. The third kappa shape index (κ3) is 8.82. The van der Waals surface area contributed by atoms with Gasteiger partial charge in [-0.3, -0.25) is 4.79 Å². The lowest BCUT2D eigenvalue weighted by molar-refractivity contribution is 0.0302. The van der Waals surface area contributed by atoms with Crippen LogP contribution in [0.5, 0.6) is 5.75 Å². The van der Waals surface area contributed by atoms with Gasteiger partial charge in [-0.15, -0.1) is 0 Å². The molecule has 26 heavy (non-hydrogen) atoms. The van der Waals surface area contributed by atoms with Gasteiger partial charge in [0, 0.05) is 13.1 Å². The van der Waals surface area contributed by atoms with Crippen molar-refractivity contribution in [2.75, 3.05) is 32.6 Å². The Hall–Kier alpha value is -2.12. The van der Waals surface area contributed by atoms with Crippen LogP contribution < -0.4 is 4.18 Å². The summed E-state index contributed by atoms with van der Waals surface area (Å²) in [5.41, 5.74) is 1.07.